The van der Waals surface area contributed by atoms with Crippen LogP contribution in [-0.4, -0.2) is 32.7 Å². The molecule has 0 aliphatic heterocycles. The first-order valence-electron chi connectivity index (χ1n) is 7.49. The summed E-state index contributed by atoms with van der Waals surface area (Å²) < 4.78 is 5.55. The molecule has 0 aromatic carbocycles. The molecule has 6 heteroatoms. The Kier molecular flexibility index (Phi) is 4.98. The number of aliphatic carboxylic acids is 1. The molecule has 1 fully saturated rings. The summed E-state index contributed by atoms with van der Waals surface area (Å²) in [6.45, 7) is 3.87. The van der Waals surface area contributed by atoms with E-state index in [1.165, 1.54) is 0 Å². The summed E-state index contributed by atoms with van der Waals surface area (Å²) in [5.74, 6) is 0.152. The number of aromatic nitrogens is 2. The molecule has 6 nitrogen and oxygen atoms in total. The fourth-order valence-corrected chi connectivity index (χ4v) is 2.81. The fourth-order valence-electron chi connectivity index (χ4n) is 2.81. The number of carbonyl (C=O) groups is 1. The Morgan fingerprint density at radius 2 is 2.14 bits per heavy atom. The van der Waals surface area contributed by atoms with Crippen LogP contribution in [0.1, 0.15) is 52.4 Å². The molecule has 0 unspecified atom stereocenters. The van der Waals surface area contributed by atoms with Crippen molar-refractivity contribution in [2.24, 2.45) is 0 Å². The molecule has 116 valence electrons. The van der Waals surface area contributed by atoms with Crippen LogP contribution in [0.15, 0.2) is 12.3 Å². The highest BCUT2D eigenvalue weighted by Gasteiger charge is 2.35. The van der Waals surface area contributed by atoms with Crippen molar-refractivity contribution in [2.75, 3.05) is 5.32 Å². The summed E-state index contributed by atoms with van der Waals surface area (Å²) in [5.41, 5.74) is -0.444. The zero-order valence-corrected chi connectivity index (χ0v) is 12.6. The molecule has 2 N–H and O–H groups in total. The highest BCUT2D eigenvalue weighted by molar-refractivity contribution is 5.69. The second kappa shape index (κ2) is 6.74. The van der Waals surface area contributed by atoms with Crippen LogP contribution in [0.4, 0.5) is 5.95 Å². The Hall–Kier alpha value is -1.85. The maximum absolute atomic E-state index is 11.2. The van der Waals surface area contributed by atoms with Crippen molar-refractivity contribution in [2.45, 2.75) is 64.0 Å². The van der Waals surface area contributed by atoms with E-state index in [1.807, 2.05) is 13.8 Å². The second-order valence-electron chi connectivity index (χ2n) is 5.92. The first kappa shape index (κ1) is 15.5. The van der Waals surface area contributed by atoms with Crippen molar-refractivity contribution in [3.05, 3.63) is 12.3 Å². The molecule has 1 heterocycles. The molecule has 2 rings (SSSR count). The van der Waals surface area contributed by atoms with Gasteiger partial charge in [-0.15, -0.1) is 0 Å². The molecule has 1 aromatic heterocycles. The van der Waals surface area contributed by atoms with E-state index in [2.05, 4.69) is 15.3 Å². The molecule has 1 aromatic rings. The van der Waals surface area contributed by atoms with E-state index in [1.54, 1.807) is 12.3 Å². The van der Waals surface area contributed by atoms with Crippen LogP contribution in [0.5, 0.6) is 5.88 Å². The molecular formula is C15H23N3O3. The topological polar surface area (TPSA) is 84.3 Å². The highest BCUT2D eigenvalue weighted by Crippen LogP contribution is 2.33. The van der Waals surface area contributed by atoms with Crippen LogP contribution < -0.4 is 10.1 Å². The van der Waals surface area contributed by atoms with Crippen LogP contribution in [0.3, 0.4) is 0 Å². The fraction of sp³-hybridized carbons (Fsp3) is 0.667. The van der Waals surface area contributed by atoms with Crippen molar-refractivity contribution < 1.29 is 14.6 Å². The third kappa shape index (κ3) is 4.58. The molecular weight excluding hydrogens is 270 g/mol. The summed E-state index contributed by atoms with van der Waals surface area (Å²) in [4.78, 5) is 19.7. The maximum Gasteiger partial charge on any atom is 0.305 e. The minimum atomic E-state index is -0.793. The standard InChI is InChI=1S/C15H23N3O3/c1-11(2)21-12-6-9-16-14(17-12)18-15(10-13(19)20)7-4-3-5-8-15/h6,9,11H,3-5,7-8,10H2,1-2H3,(H,19,20)(H,16,17,18). The van der Waals surface area contributed by atoms with Gasteiger partial charge in [-0.05, 0) is 26.7 Å². The van der Waals surface area contributed by atoms with E-state index in [0.29, 0.717) is 11.8 Å². The molecule has 0 radical (unpaired) electrons. The minimum Gasteiger partial charge on any atom is -0.481 e. The van der Waals surface area contributed by atoms with Gasteiger partial charge in [-0.3, -0.25) is 4.79 Å². The van der Waals surface area contributed by atoms with Gasteiger partial charge in [0.05, 0.1) is 18.1 Å². The van der Waals surface area contributed by atoms with Crippen LogP contribution in [0, 0.1) is 0 Å². The number of nitrogens with one attached hydrogen (secondary N) is 1. The van der Waals surface area contributed by atoms with Gasteiger partial charge in [0, 0.05) is 12.3 Å². The van der Waals surface area contributed by atoms with Gasteiger partial charge < -0.3 is 15.2 Å². The van der Waals surface area contributed by atoms with Crippen molar-refractivity contribution in [1.29, 1.82) is 0 Å². The summed E-state index contributed by atoms with van der Waals surface area (Å²) >= 11 is 0. The lowest BCUT2D eigenvalue weighted by atomic mass is 9.79. The van der Waals surface area contributed by atoms with Gasteiger partial charge >= 0.3 is 5.97 Å². The van der Waals surface area contributed by atoms with E-state index < -0.39 is 11.5 Å². The second-order valence-corrected chi connectivity index (χ2v) is 5.92. The molecule has 1 aliphatic carbocycles. The minimum absolute atomic E-state index is 0.0374. The van der Waals surface area contributed by atoms with Gasteiger partial charge in [-0.1, -0.05) is 19.3 Å². The van der Waals surface area contributed by atoms with Gasteiger partial charge in [0.1, 0.15) is 0 Å². The van der Waals surface area contributed by atoms with Gasteiger partial charge in [0.25, 0.3) is 0 Å². The van der Waals surface area contributed by atoms with Crippen LogP contribution in [0.2, 0.25) is 0 Å². The Balaban J connectivity index is 2.14. The Morgan fingerprint density at radius 1 is 1.43 bits per heavy atom. The van der Waals surface area contributed by atoms with Crippen LogP contribution >= 0.6 is 0 Å². The first-order valence-corrected chi connectivity index (χ1v) is 7.49. The molecule has 21 heavy (non-hydrogen) atoms. The largest absolute Gasteiger partial charge is 0.481 e. The summed E-state index contributed by atoms with van der Waals surface area (Å²) in [6, 6.07) is 1.70. The Morgan fingerprint density at radius 3 is 2.76 bits per heavy atom. The number of nitrogens with zero attached hydrogens (tertiary/aromatic N) is 2. The summed E-state index contributed by atoms with van der Waals surface area (Å²) in [5, 5.41) is 12.4. The average molecular weight is 293 g/mol. The Bertz CT molecular complexity index is 485. The van der Waals surface area contributed by atoms with Crippen LogP contribution in [0.25, 0.3) is 0 Å². The lowest BCUT2D eigenvalue weighted by Crippen LogP contribution is -2.42. The third-order valence-electron chi connectivity index (χ3n) is 3.66. The van der Waals surface area contributed by atoms with Gasteiger partial charge in [-0.2, -0.15) is 4.98 Å². The zero-order valence-electron chi connectivity index (χ0n) is 12.6. The summed E-state index contributed by atoms with van der Waals surface area (Å²) in [7, 11) is 0. The number of rotatable bonds is 6. The lowest BCUT2D eigenvalue weighted by molar-refractivity contribution is -0.138. The number of carboxylic acids is 1. The predicted octanol–water partition coefficient (Wildman–Crippen LogP) is 2.85. The van der Waals surface area contributed by atoms with E-state index >= 15 is 0 Å². The highest BCUT2D eigenvalue weighted by atomic mass is 16.5. The van der Waals surface area contributed by atoms with Gasteiger partial charge in [0.15, 0.2) is 0 Å². The van der Waals surface area contributed by atoms with Crippen molar-refractivity contribution >= 4 is 11.9 Å². The number of hydrogen-bond donors (Lipinski definition) is 2. The number of anilines is 1. The normalized spacial score (nSPS) is 17.5. The molecule has 1 aliphatic rings. The van der Waals surface area contributed by atoms with Crippen LogP contribution in [-0.2, 0) is 4.79 Å². The Labute approximate surface area is 124 Å². The van der Waals surface area contributed by atoms with E-state index in [-0.39, 0.29) is 12.5 Å². The number of carboxylic acid groups (broad SMARTS) is 1. The average Bonchev–Trinajstić information content (AvgIpc) is 2.38. The molecule has 1 saturated carbocycles. The molecule has 0 saturated heterocycles. The third-order valence-corrected chi connectivity index (χ3v) is 3.66. The van der Waals surface area contributed by atoms with E-state index in [4.69, 9.17) is 4.74 Å². The molecule has 0 atom stereocenters. The van der Waals surface area contributed by atoms with Crippen molar-refractivity contribution in [3.8, 4) is 5.88 Å². The smallest absolute Gasteiger partial charge is 0.305 e. The van der Waals surface area contributed by atoms with E-state index in [9.17, 15) is 9.90 Å². The SMILES string of the molecule is CC(C)Oc1ccnc(NC2(CC(=O)O)CCCCC2)n1. The van der Waals surface area contributed by atoms with Gasteiger partial charge in [0.2, 0.25) is 11.8 Å². The van der Waals surface area contributed by atoms with Crippen molar-refractivity contribution in [1.82, 2.24) is 9.97 Å². The first-order chi connectivity index (χ1) is 9.99. The maximum atomic E-state index is 11.2. The van der Waals surface area contributed by atoms with Gasteiger partial charge in [-0.25, -0.2) is 4.98 Å². The molecule has 0 amide bonds. The molecule has 0 bridgehead atoms. The van der Waals surface area contributed by atoms with Crippen molar-refractivity contribution in [3.63, 3.8) is 0 Å². The number of ether oxygens (including phenoxy) is 1. The lowest BCUT2D eigenvalue weighted by Gasteiger charge is -2.37. The zero-order chi connectivity index (χ0) is 15.3. The monoisotopic (exact) mass is 293 g/mol. The summed E-state index contributed by atoms with van der Waals surface area (Å²) in [6.07, 6.45) is 6.63. The molecule has 0 spiro atoms. The predicted molar refractivity (Wildman–Crippen MR) is 79.5 cm³/mol. The number of hydrogen-bond acceptors (Lipinski definition) is 5. The quantitative estimate of drug-likeness (QED) is 0.839. The van der Waals surface area contributed by atoms with E-state index in [0.717, 1.165) is 32.1 Å².